The van der Waals surface area contributed by atoms with Gasteiger partial charge >= 0.3 is 0 Å². The lowest BCUT2D eigenvalue weighted by Gasteiger charge is -2.12. The number of hydrogen-bond acceptors (Lipinski definition) is 4. The fourth-order valence-electron chi connectivity index (χ4n) is 3.15. The standard InChI is InChI=1S/C22H17NO4S/c1-27-18-12-13-20-17(14-18)15-21(22(24)16-8-4-2-5-9-16)23(20)28(25,26)19-10-6-3-7-11-19/h2-15H,1H3. The van der Waals surface area contributed by atoms with Crippen molar-refractivity contribution in [1.82, 2.24) is 3.97 Å². The summed E-state index contributed by atoms with van der Waals surface area (Å²) in [6.07, 6.45) is 0. The molecule has 1 heterocycles. The van der Waals surface area contributed by atoms with Gasteiger partial charge in [0, 0.05) is 10.9 Å². The molecule has 4 rings (SSSR count). The van der Waals surface area contributed by atoms with Crippen LogP contribution in [0.15, 0.2) is 89.8 Å². The summed E-state index contributed by atoms with van der Waals surface area (Å²) in [5.74, 6) is 0.218. The van der Waals surface area contributed by atoms with Crippen molar-refractivity contribution < 1.29 is 17.9 Å². The van der Waals surface area contributed by atoms with Gasteiger partial charge in [-0.1, -0.05) is 48.5 Å². The highest BCUT2D eigenvalue weighted by molar-refractivity contribution is 7.90. The molecule has 0 atom stereocenters. The van der Waals surface area contributed by atoms with Crippen molar-refractivity contribution in [1.29, 1.82) is 0 Å². The van der Waals surface area contributed by atoms with E-state index in [4.69, 9.17) is 4.74 Å². The van der Waals surface area contributed by atoms with Crippen LogP contribution in [0.25, 0.3) is 10.9 Å². The molecule has 1 aromatic heterocycles. The molecule has 0 unspecified atom stereocenters. The van der Waals surface area contributed by atoms with Crippen molar-refractivity contribution in [2.24, 2.45) is 0 Å². The molecular weight excluding hydrogens is 374 g/mol. The SMILES string of the molecule is COc1ccc2c(c1)cc(C(=O)c1ccccc1)n2S(=O)(=O)c1ccccc1. The maximum absolute atomic E-state index is 13.4. The van der Waals surface area contributed by atoms with Gasteiger partial charge in [0.2, 0.25) is 5.78 Å². The van der Waals surface area contributed by atoms with Gasteiger partial charge in [-0.3, -0.25) is 4.79 Å². The monoisotopic (exact) mass is 391 g/mol. The molecular formula is C22H17NO4S. The van der Waals surface area contributed by atoms with Crippen molar-refractivity contribution in [3.63, 3.8) is 0 Å². The fraction of sp³-hybridized carbons (Fsp3) is 0.0455. The lowest BCUT2D eigenvalue weighted by atomic mass is 10.1. The van der Waals surface area contributed by atoms with Gasteiger partial charge < -0.3 is 4.74 Å². The number of hydrogen-bond donors (Lipinski definition) is 0. The normalized spacial score (nSPS) is 11.5. The number of rotatable bonds is 5. The number of aromatic nitrogens is 1. The summed E-state index contributed by atoms with van der Waals surface area (Å²) in [6.45, 7) is 0. The summed E-state index contributed by atoms with van der Waals surface area (Å²) in [4.78, 5) is 13.3. The number of ketones is 1. The average molecular weight is 391 g/mol. The van der Waals surface area contributed by atoms with E-state index in [2.05, 4.69) is 0 Å². The molecule has 0 saturated carbocycles. The van der Waals surface area contributed by atoms with Crippen LogP contribution in [0.3, 0.4) is 0 Å². The smallest absolute Gasteiger partial charge is 0.268 e. The molecule has 0 amide bonds. The average Bonchev–Trinajstić information content (AvgIpc) is 3.13. The van der Waals surface area contributed by atoms with Gasteiger partial charge in [0.1, 0.15) is 11.4 Å². The van der Waals surface area contributed by atoms with E-state index in [-0.39, 0.29) is 16.4 Å². The number of benzene rings is 3. The van der Waals surface area contributed by atoms with E-state index >= 15 is 0 Å². The maximum Gasteiger partial charge on any atom is 0.268 e. The molecule has 3 aromatic carbocycles. The van der Waals surface area contributed by atoms with E-state index in [0.717, 1.165) is 3.97 Å². The Hall–Kier alpha value is -3.38. The Morgan fingerprint density at radius 3 is 2.14 bits per heavy atom. The van der Waals surface area contributed by atoms with E-state index < -0.39 is 10.0 Å². The molecule has 6 heteroatoms. The maximum atomic E-state index is 13.4. The van der Waals surface area contributed by atoms with Crippen LogP contribution in [-0.4, -0.2) is 25.3 Å². The van der Waals surface area contributed by atoms with Gasteiger partial charge in [-0.05, 0) is 36.4 Å². The van der Waals surface area contributed by atoms with Crippen LogP contribution in [0, 0.1) is 0 Å². The first kappa shape index (κ1) is 18.0. The molecule has 5 nitrogen and oxygen atoms in total. The van der Waals surface area contributed by atoms with E-state index in [0.29, 0.717) is 22.2 Å². The first-order valence-electron chi connectivity index (χ1n) is 8.62. The fourth-order valence-corrected chi connectivity index (χ4v) is 4.68. The number of carbonyl (C=O) groups is 1. The zero-order valence-electron chi connectivity index (χ0n) is 15.1. The molecule has 0 spiro atoms. The zero-order valence-corrected chi connectivity index (χ0v) is 15.9. The van der Waals surface area contributed by atoms with Crippen molar-refractivity contribution in [2.45, 2.75) is 4.90 Å². The second-order valence-corrected chi connectivity index (χ2v) is 8.02. The summed E-state index contributed by atoms with van der Waals surface area (Å²) in [7, 11) is -2.43. The first-order chi connectivity index (χ1) is 13.5. The first-order valence-corrected chi connectivity index (χ1v) is 10.1. The van der Waals surface area contributed by atoms with Crippen LogP contribution in [0.5, 0.6) is 5.75 Å². The number of methoxy groups -OCH3 is 1. The summed E-state index contributed by atoms with van der Waals surface area (Å²) in [5, 5.41) is 0.609. The predicted molar refractivity (Wildman–Crippen MR) is 107 cm³/mol. The molecule has 28 heavy (non-hydrogen) atoms. The Balaban J connectivity index is 2.02. The summed E-state index contributed by atoms with van der Waals surface area (Å²) >= 11 is 0. The second kappa shape index (κ2) is 6.98. The molecule has 0 N–H and O–H groups in total. The van der Waals surface area contributed by atoms with Gasteiger partial charge in [0.15, 0.2) is 0 Å². The molecule has 4 aromatic rings. The predicted octanol–water partition coefficient (Wildman–Crippen LogP) is 4.12. The lowest BCUT2D eigenvalue weighted by Crippen LogP contribution is -2.19. The van der Waals surface area contributed by atoms with Crippen LogP contribution >= 0.6 is 0 Å². The third kappa shape index (κ3) is 2.97. The minimum absolute atomic E-state index is 0.0818. The van der Waals surface area contributed by atoms with Crippen LogP contribution in [0.4, 0.5) is 0 Å². The van der Waals surface area contributed by atoms with Crippen molar-refractivity contribution in [2.75, 3.05) is 7.11 Å². The van der Waals surface area contributed by atoms with Crippen LogP contribution < -0.4 is 4.74 Å². The van der Waals surface area contributed by atoms with Crippen LogP contribution in [0.1, 0.15) is 16.1 Å². The van der Waals surface area contributed by atoms with Crippen LogP contribution in [0.2, 0.25) is 0 Å². The Labute approximate surface area is 162 Å². The van der Waals surface area contributed by atoms with E-state index in [9.17, 15) is 13.2 Å². The molecule has 0 aliphatic carbocycles. The number of carbonyl (C=O) groups excluding carboxylic acids is 1. The number of fused-ring (bicyclic) bond motifs is 1. The minimum atomic E-state index is -3.97. The molecule has 0 aliphatic rings. The van der Waals surface area contributed by atoms with Gasteiger partial charge in [0.25, 0.3) is 10.0 Å². The summed E-state index contributed by atoms with van der Waals surface area (Å²) in [5.41, 5.74) is 0.920. The zero-order chi connectivity index (χ0) is 19.7. The molecule has 140 valence electrons. The third-order valence-corrected chi connectivity index (χ3v) is 6.26. The Morgan fingerprint density at radius 2 is 1.50 bits per heavy atom. The van der Waals surface area contributed by atoms with Crippen molar-refractivity contribution in [3.8, 4) is 5.75 Å². The third-order valence-electron chi connectivity index (χ3n) is 4.51. The number of nitrogens with zero attached hydrogens (tertiary/aromatic N) is 1. The van der Waals surface area contributed by atoms with E-state index in [1.165, 1.54) is 19.2 Å². The summed E-state index contributed by atoms with van der Waals surface area (Å²) < 4.78 is 33.2. The lowest BCUT2D eigenvalue weighted by molar-refractivity contribution is 0.103. The highest BCUT2D eigenvalue weighted by atomic mass is 32.2. The molecule has 0 aliphatic heterocycles. The van der Waals surface area contributed by atoms with Crippen molar-refractivity contribution >= 4 is 26.7 Å². The Morgan fingerprint density at radius 1 is 0.857 bits per heavy atom. The largest absolute Gasteiger partial charge is 0.497 e. The number of ether oxygens (including phenoxy) is 1. The minimum Gasteiger partial charge on any atom is -0.497 e. The molecule has 0 radical (unpaired) electrons. The molecule has 0 bridgehead atoms. The Bertz CT molecular complexity index is 1260. The summed E-state index contributed by atoms with van der Waals surface area (Å²) in [6, 6.07) is 23.3. The molecule has 0 saturated heterocycles. The van der Waals surface area contributed by atoms with Crippen molar-refractivity contribution in [3.05, 3.63) is 96.2 Å². The van der Waals surface area contributed by atoms with Gasteiger partial charge in [0.05, 0.1) is 17.5 Å². The highest BCUT2D eigenvalue weighted by Crippen LogP contribution is 2.30. The molecule has 0 fully saturated rings. The van der Waals surface area contributed by atoms with E-state index in [1.807, 2.05) is 0 Å². The Kier molecular flexibility index (Phi) is 4.49. The second-order valence-electron chi connectivity index (χ2n) is 6.23. The quantitative estimate of drug-likeness (QED) is 0.480. The van der Waals surface area contributed by atoms with Gasteiger partial charge in [-0.15, -0.1) is 0 Å². The van der Waals surface area contributed by atoms with Gasteiger partial charge in [-0.2, -0.15) is 0 Å². The van der Waals surface area contributed by atoms with Crippen LogP contribution in [-0.2, 0) is 10.0 Å². The topological polar surface area (TPSA) is 65.4 Å². The van der Waals surface area contributed by atoms with E-state index in [1.54, 1.807) is 72.8 Å². The highest BCUT2D eigenvalue weighted by Gasteiger charge is 2.27. The van der Waals surface area contributed by atoms with Gasteiger partial charge in [-0.25, -0.2) is 12.4 Å².